The van der Waals surface area contributed by atoms with Gasteiger partial charge in [0.25, 0.3) is 0 Å². The highest BCUT2D eigenvalue weighted by molar-refractivity contribution is 7.18. The minimum atomic E-state index is -0.952. The molecular formula is C21H22F2N6OS. The van der Waals surface area contributed by atoms with E-state index in [9.17, 15) is 9.50 Å². The van der Waals surface area contributed by atoms with E-state index in [-0.39, 0.29) is 35.0 Å². The Labute approximate surface area is 181 Å². The highest BCUT2D eigenvalue weighted by Gasteiger charge is 2.48. The number of nitrogens with one attached hydrogen (secondary N) is 2. The van der Waals surface area contributed by atoms with Crippen molar-refractivity contribution >= 4 is 16.5 Å². The lowest BCUT2D eigenvalue weighted by Crippen LogP contribution is -2.57. The van der Waals surface area contributed by atoms with Crippen LogP contribution in [-0.2, 0) is 0 Å². The van der Waals surface area contributed by atoms with E-state index >= 15 is 4.39 Å². The van der Waals surface area contributed by atoms with Gasteiger partial charge >= 0.3 is 0 Å². The molecule has 2 aliphatic heterocycles. The summed E-state index contributed by atoms with van der Waals surface area (Å²) < 4.78 is 30.0. The zero-order valence-electron chi connectivity index (χ0n) is 16.6. The Hall–Kier alpha value is -2.59. The first kappa shape index (κ1) is 19.1. The van der Waals surface area contributed by atoms with Crippen molar-refractivity contribution < 1.29 is 13.9 Å². The second-order valence-corrected chi connectivity index (χ2v) is 9.62. The summed E-state index contributed by atoms with van der Waals surface area (Å²) in [6.07, 6.45) is 6.77. The Kier molecular flexibility index (Phi) is 4.46. The molecule has 0 amide bonds. The number of nitrogens with zero attached hydrogens (tertiary/aromatic N) is 4. The number of aromatic amines is 1. The fourth-order valence-electron chi connectivity index (χ4n) is 4.95. The van der Waals surface area contributed by atoms with Crippen LogP contribution in [0.3, 0.4) is 0 Å². The first-order valence-corrected chi connectivity index (χ1v) is 11.4. The van der Waals surface area contributed by atoms with Gasteiger partial charge in [-0.1, -0.05) is 11.3 Å². The van der Waals surface area contributed by atoms with Crippen LogP contribution in [-0.4, -0.2) is 55.8 Å². The zero-order valence-corrected chi connectivity index (χ0v) is 17.4. The Balaban J connectivity index is 1.33. The third-order valence-corrected chi connectivity index (χ3v) is 7.58. The number of anilines is 1. The van der Waals surface area contributed by atoms with Crippen molar-refractivity contribution in [3.05, 3.63) is 30.3 Å². The fourth-order valence-corrected chi connectivity index (χ4v) is 5.95. The van der Waals surface area contributed by atoms with Gasteiger partial charge in [-0.2, -0.15) is 5.10 Å². The molecule has 2 aromatic heterocycles. The third kappa shape index (κ3) is 3.28. The van der Waals surface area contributed by atoms with Crippen molar-refractivity contribution in [2.75, 3.05) is 4.90 Å². The van der Waals surface area contributed by atoms with E-state index in [0.29, 0.717) is 21.7 Å². The average molecular weight is 445 g/mol. The number of halogens is 2. The van der Waals surface area contributed by atoms with Gasteiger partial charge in [0.15, 0.2) is 5.01 Å². The number of fused-ring (bicyclic) bond motifs is 2. The molecule has 162 valence electrons. The maximum absolute atomic E-state index is 15.2. The van der Waals surface area contributed by atoms with Crippen molar-refractivity contribution in [2.24, 2.45) is 0 Å². The van der Waals surface area contributed by atoms with Crippen molar-refractivity contribution in [1.82, 2.24) is 25.7 Å². The third-order valence-electron chi connectivity index (χ3n) is 6.61. The normalized spacial score (nSPS) is 27.5. The standard InChI is InChI=1S/C21H22F2N6OS/c22-15-6-14(18(30)7-13(15)10-8-24-25-9-10)20-27-28-21(31-20)29(12-2-3-12)17-5-11-1-4-16(26-11)19(17)23/h6-9,11-12,16-17,19,26,30H,1-5H2,(H,24,25)/t11?,16?,17-,19+/m0/s1. The topological polar surface area (TPSA) is 90.0 Å². The van der Waals surface area contributed by atoms with Crippen LogP contribution in [0.15, 0.2) is 24.5 Å². The summed E-state index contributed by atoms with van der Waals surface area (Å²) in [5.74, 6) is -0.565. The average Bonchev–Trinajstić information content (AvgIpc) is 3.16. The molecule has 4 heterocycles. The van der Waals surface area contributed by atoms with Gasteiger partial charge in [0.2, 0.25) is 5.13 Å². The summed E-state index contributed by atoms with van der Waals surface area (Å²) in [5, 5.41) is 30.0. The first-order chi connectivity index (χ1) is 15.1. The molecule has 3 N–H and O–H groups in total. The van der Waals surface area contributed by atoms with Crippen molar-refractivity contribution in [3.8, 4) is 27.4 Å². The molecule has 3 fully saturated rings. The van der Waals surface area contributed by atoms with Gasteiger partial charge in [0.1, 0.15) is 17.7 Å². The number of alkyl halides is 1. The minimum Gasteiger partial charge on any atom is -0.507 e. The summed E-state index contributed by atoms with van der Waals surface area (Å²) >= 11 is 1.28. The number of aromatic nitrogens is 4. The smallest absolute Gasteiger partial charge is 0.209 e. The number of hydrogen-bond acceptors (Lipinski definition) is 7. The molecule has 6 rings (SSSR count). The van der Waals surface area contributed by atoms with E-state index in [1.165, 1.54) is 29.7 Å². The van der Waals surface area contributed by atoms with Crippen LogP contribution in [0.4, 0.5) is 13.9 Å². The fraction of sp³-hybridized carbons (Fsp3) is 0.476. The minimum absolute atomic E-state index is 0.0819. The number of phenolic OH excluding ortho intramolecular Hbond substituents is 1. The summed E-state index contributed by atoms with van der Waals surface area (Å²) in [7, 11) is 0. The summed E-state index contributed by atoms with van der Waals surface area (Å²) in [5.41, 5.74) is 1.09. The quantitative estimate of drug-likeness (QED) is 0.557. The molecule has 3 aliphatic rings. The van der Waals surface area contributed by atoms with Crippen LogP contribution in [0.1, 0.15) is 32.1 Å². The lowest BCUT2D eigenvalue weighted by Gasteiger charge is -2.40. The molecule has 2 bridgehead atoms. The molecule has 3 aromatic rings. The van der Waals surface area contributed by atoms with Gasteiger partial charge in [-0.15, -0.1) is 10.2 Å². The molecule has 10 heteroatoms. The number of H-pyrrole nitrogens is 1. The van der Waals surface area contributed by atoms with Crippen LogP contribution in [0, 0.1) is 5.82 Å². The van der Waals surface area contributed by atoms with Gasteiger partial charge in [0.05, 0.1) is 17.8 Å². The van der Waals surface area contributed by atoms with Gasteiger partial charge in [0, 0.05) is 35.4 Å². The lowest BCUT2D eigenvalue weighted by molar-refractivity contribution is 0.172. The number of benzene rings is 1. The number of phenols is 1. The first-order valence-electron chi connectivity index (χ1n) is 10.6. The molecule has 4 atom stereocenters. The Morgan fingerprint density at radius 3 is 2.77 bits per heavy atom. The molecular weight excluding hydrogens is 422 g/mol. The summed E-state index contributed by atoms with van der Waals surface area (Å²) in [6, 6.07) is 2.95. The highest BCUT2D eigenvalue weighted by atomic mass is 32.1. The predicted octanol–water partition coefficient (Wildman–Crippen LogP) is 3.64. The van der Waals surface area contributed by atoms with Crippen LogP contribution in [0.2, 0.25) is 0 Å². The lowest BCUT2D eigenvalue weighted by atomic mass is 9.96. The predicted molar refractivity (Wildman–Crippen MR) is 113 cm³/mol. The second-order valence-electron chi connectivity index (χ2n) is 8.66. The maximum Gasteiger partial charge on any atom is 0.209 e. The Morgan fingerprint density at radius 1 is 1.13 bits per heavy atom. The maximum atomic E-state index is 15.2. The van der Waals surface area contributed by atoms with E-state index in [2.05, 4.69) is 30.6 Å². The monoisotopic (exact) mass is 444 g/mol. The molecule has 2 saturated heterocycles. The SMILES string of the molecule is Oc1cc(-c2cn[nH]c2)c(F)cc1-c1nnc(N(C2CC2)[C@H]2CC3CCC(N3)[C@H]2F)s1. The van der Waals surface area contributed by atoms with Crippen LogP contribution in [0.25, 0.3) is 21.7 Å². The number of piperidine rings is 1. The van der Waals surface area contributed by atoms with Gasteiger partial charge in [-0.25, -0.2) is 8.78 Å². The molecule has 31 heavy (non-hydrogen) atoms. The molecule has 7 nitrogen and oxygen atoms in total. The van der Waals surface area contributed by atoms with Crippen molar-refractivity contribution in [3.63, 3.8) is 0 Å². The summed E-state index contributed by atoms with van der Waals surface area (Å²) in [4.78, 5) is 2.10. The zero-order chi connectivity index (χ0) is 21.1. The van der Waals surface area contributed by atoms with E-state index in [1.54, 1.807) is 6.20 Å². The van der Waals surface area contributed by atoms with E-state index in [1.807, 2.05) is 0 Å². The van der Waals surface area contributed by atoms with Crippen LogP contribution < -0.4 is 10.2 Å². The molecule has 0 radical (unpaired) electrons. The van der Waals surface area contributed by atoms with Crippen LogP contribution in [0.5, 0.6) is 5.75 Å². The Morgan fingerprint density at radius 2 is 2.00 bits per heavy atom. The summed E-state index contributed by atoms with van der Waals surface area (Å²) in [6.45, 7) is 0. The number of aromatic hydroxyl groups is 1. The molecule has 1 aliphatic carbocycles. The van der Waals surface area contributed by atoms with Crippen molar-refractivity contribution in [2.45, 2.75) is 62.4 Å². The Bertz CT molecular complexity index is 1100. The largest absolute Gasteiger partial charge is 0.507 e. The highest BCUT2D eigenvalue weighted by Crippen LogP contribution is 2.44. The van der Waals surface area contributed by atoms with E-state index in [0.717, 1.165) is 32.1 Å². The van der Waals surface area contributed by atoms with E-state index < -0.39 is 12.0 Å². The van der Waals surface area contributed by atoms with Crippen LogP contribution >= 0.6 is 11.3 Å². The van der Waals surface area contributed by atoms with Crippen molar-refractivity contribution in [1.29, 1.82) is 0 Å². The van der Waals surface area contributed by atoms with Gasteiger partial charge in [-0.05, 0) is 44.2 Å². The van der Waals surface area contributed by atoms with Gasteiger partial charge < -0.3 is 15.3 Å². The van der Waals surface area contributed by atoms with Gasteiger partial charge in [-0.3, -0.25) is 5.10 Å². The molecule has 2 unspecified atom stereocenters. The number of hydrogen-bond donors (Lipinski definition) is 3. The molecule has 1 aromatic carbocycles. The number of rotatable bonds is 5. The molecule has 1 saturated carbocycles. The second kappa shape index (κ2) is 7.23. The van der Waals surface area contributed by atoms with E-state index in [4.69, 9.17) is 0 Å². The molecule has 0 spiro atoms.